The number of benzene rings is 1. The third-order valence-corrected chi connectivity index (χ3v) is 2.38. The highest BCUT2D eigenvalue weighted by Gasteiger charge is 2.01. The van der Waals surface area contributed by atoms with Crippen LogP contribution >= 0.6 is 0 Å². The van der Waals surface area contributed by atoms with Gasteiger partial charge in [0, 0.05) is 23.2 Å². The second kappa shape index (κ2) is 4.86. The molecule has 86 valence electrons. The summed E-state index contributed by atoms with van der Waals surface area (Å²) in [6.07, 6.45) is 2.83. The van der Waals surface area contributed by atoms with Gasteiger partial charge in [0.25, 0.3) is 0 Å². The molecule has 0 aliphatic carbocycles. The van der Waals surface area contributed by atoms with Crippen molar-refractivity contribution < 1.29 is 9.84 Å². The Labute approximate surface area is 100 Å². The van der Waals surface area contributed by atoms with Crippen molar-refractivity contribution in [2.45, 2.75) is 13.0 Å². The number of aliphatic hydroxyl groups excluding tert-OH is 1. The van der Waals surface area contributed by atoms with Crippen LogP contribution in [0.3, 0.4) is 0 Å². The second-order valence-corrected chi connectivity index (χ2v) is 3.72. The van der Waals surface area contributed by atoms with Crippen molar-refractivity contribution in [2.24, 2.45) is 0 Å². The van der Waals surface area contributed by atoms with E-state index in [1.807, 2.05) is 18.2 Å². The largest absolute Gasteiger partial charge is 0.497 e. The maximum absolute atomic E-state index is 9.15. The van der Waals surface area contributed by atoms with E-state index in [1.54, 1.807) is 26.4 Å². The van der Waals surface area contributed by atoms with Crippen LogP contribution in [0.15, 0.2) is 30.6 Å². The summed E-state index contributed by atoms with van der Waals surface area (Å²) < 4.78 is 5.16. The maximum Gasteiger partial charge on any atom is 0.119 e. The van der Waals surface area contributed by atoms with Gasteiger partial charge in [-0.25, -0.2) is 0 Å². The number of aliphatic hydroxyl groups is 1. The SMILES string of the molecule is COc1ccc2c(C#C[C@H](C)O)cncc2c1. The molecule has 0 saturated carbocycles. The molecule has 3 heteroatoms. The molecule has 0 aliphatic rings. The molecule has 0 saturated heterocycles. The molecule has 1 aromatic carbocycles. The average molecular weight is 227 g/mol. The molecule has 0 unspecified atom stereocenters. The van der Waals surface area contributed by atoms with Gasteiger partial charge < -0.3 is 9.84 Å². The molecule has 1 N–H and O–H groups in total. The van der Waals surface area contributed by atoms with Crippen LogP contribution < -0.4 is 4.74 Å². The molecule has 0 bridgehead atoms. The zero-order chi connectivity index (χ0) is 12.3. The summed E-state index contributed by atoms with van der Waals surface area (Å²) in [5, 5.41) is 11.1. The van der Waals surface area contributed by atoms with Gasteiger partial charge in [-0.1, -0.05) is 11.8 Å². The van der Waals surface area contributed by atoms with Crippen molar-refractivity contribution in [1.82, 2.24) is 4.98 Å². The number of rotatable bonds is 1. The lowest BCUT2D eigenvalue weighted by atomic mass is 10.1. The van der Waals surface area contributed by atoms with Gasteiger partial charge in [0.1, 0.15) is 11.9 Å². The number of aromatic nitrogens is 1. The molecular formula is C14H13NO2. The van der Waals surface area contributed by atoms with Crippen molar-refractivity contribution in [1.29, 1.82) is 0 Å². The van der Waals surface area contributed by atoms with Gasteiger partial charge in [0.2, 0.25) is 0 Å². The van der Waals surface area contributed by atoms with Gasteiger partial charge >= 0.3 is 0 Å². The van der Waals surface area contributed by atoms with E-state index in [0.717, 1.165) is 22.1 Å². The number of fused-ring (bicyclic) bond motifs is 1. The zero-order valence-corrected chi connectivity index (χ0v) is 9.77. The van der Waals surface area contributed by atoms with Crippen LogP contribution in [-0.4, -0.2) is 23.3 Å². The standard InChI is InChI=1S/C14H13NO2/c1-10(16)3-4-11-8-15-9-12-7-13(17-2)5-6-14(11)12/h5-10,16H,1-2H3/t10-/m0/s1. The molecule has 0 radical (unpaired) electrons. The second-order valence-electron chi connectivity index (χ2n) is 3.72. The van der Waals surface area contributed by atoms with Crippen LogP contribution in [0.1, 0.15) is 12.5 Å². The van der Waals surface area contributed by atoms with Crippen molar-refractivity contribution in [3.63, 3.8) is 0 Å². The molecule has 1 aromatic heterocycles. The molecule has 2 aromatic rings. The van der Waals surface area contributed by atoms with Gasteiger partial charge in [0.05, 0.1) is 12.7 Å². The Balaban J connectivity index is 2.55. The van der Waals surface area contributed by atoms with Crippen LogP contribution in [0.2, 0.25) is 0 Å². The summed E-state index contributed by atoms with van der Waals surface area (Å²) in [4.78, 5) is 4.13. The van der Waals surface area contributed by atoms with E-state index < -0.39 is 6.10 Å². The Kier molecular flexibility index (Phi) is 3.27. The monoisotopic (exact) mass is 227 g/mol. The molecule has 0 aliphatic heterocycles. The van der Waals surface area contributed by atoms with Gasteiger partial charge in [-0.05, 0) is 25.1 Å². The molecule has 0 spiro atoms. The lowest BCUT2D eigenvalue weighted by Crippen LogP contribution is -1.93. The van der Waals surface area contributed by atoms with Gasteiger partial charge in [-0.15, -0.1) is 0 Å². The van der Waals surface area contributed by atoms with Crippen LogP contribution in [0, 0.1) is 11.8 Å². The van der Waals surface area contributed by atoms with Crippen LogP contribution in [-0.2, 0) is 0 Å². The van der Waals surface area contributed by atoms with E-state index >= 15 is 0 Å². The highest BCUT2D eigenvalue weighted by atomic mass is 16.5. The smallest absolute Gasteiger partial charge is 0.119 e. The Morgan fingerprint density at radius 1 is 1.35 bits per heavy atom. The fraction of sp³-hybridized carbons (Fsp3) is 0.214. The number of ether oxygens (including phenoxy) is 1. The Hall–Kier alpha value is -2.05. The highest BCUT2D eigenvalue weighted by molar-refractivity contribution is 5.88. The first kappa shape index (κ1) is 11.4. The average Bonchev–Trinajstić information content (AvgIpc) is 2.35. The molecule has 0 amide bonds. The van der Waals surface area contributed by atoms with Crippen LogP contribution in [0.25, 0.3) is 10.8 Å². The minimum atomic E-state index is -0.636. The molecular weight excluding hydrogens is 214 g/mol. The number of nitrogens with zero attached hydrogens (tertiary/aromatic N) is 1. The Morgan fingerprint density at radius 2 is 2.18 bits per heavy atom. The highest BCUT2D eigenvalue weighted by Crippen LogP contribution is 2.22. The van der Waals surface area contributed by atoms with E-state index in [-0.39, 0.29) is 0 Å². The molecule has 3 nitrogen and oxygen atoms in total. The summed E-state index contributed by atoms with van der Waals surface area (Å²) in [6.45, 7) is 1.63. The van der Waals surface area contributed by atoms with E-state index in [1.165, 1.54) is 0 Å². The Morgan fingerprint density at radius 3 is 2.88 bits per heavy atom. The number of methoxy groups -OCH3 is 1. The van der Waals surface area contributed by atoms with Crippen LogP contribution in [0.4, 0.5) is 0 Å². The Bertz CT molecular complexity index is 594. The fourth-order valence-corrected chi connectivity index (χ4v) is 1.56. The topological polar surface area (TPSA) is 42.4 Å². The summed E-state index contributed by atoms with van der Waals surface area (Å²) in [7, 11) is 1.63. The van der Waals surface area contributed by atoms with Gasteiger partial charge in [-0.2, -0.15) is 0 Å². The van der Waals surface area contributed by atoms with Crippen molar-refractivity contribution in [2.75, 3.05) is 7.11 Å². The van der Waals surface area contributed by atoms with E-state index in [9.17, 15) is 0 Å². The van der Waals surface area contributed by atoms with Crippen molar-refractivity contribution in [3.8, 4) is 17.6 Å². The number of hydrogen-bond donors (Lipinski definition) is 1. The molecule has 2 rings (SSSR count). The predicted octanol–water partition coefficient (Wildman–Crippen LogP) is 1.98. The minimum absolute atomic E-state index is 0.636. The van der Waals surface area contributed by atoms with Gasteiger partial charge in [0.15, 0.2) is 0 Å². The van der Waals surface area contributed by atoms with Gasteiger partial charge in [-0.3, -0.25) is 4.98 Å². The quantitative estimate of drug-likeness (QED) is 0.757. The molecule has 17 heavy (non-hydrogen) atoms. The summed E-state index contributed by atoms with van der Waals surface area (Å²) in [5.41, 5.74) is 0.811. The third kappa shape index (κ3) is 2.55. The lowest BCUT2D eigenvalue weighted by molar-refractivity contribution is 0.253. The summed E-state index contributed by atoms with van der Waals surface area (Å²) >= 11 is 0. The van der Waals surface area contributed by atoms with E-state index in [0.29, 0.717) is 0 Å². The van der Waals surface area contributed by atoms with E-state index in [2.05, 4.69) is 16.8 Å². The number of pyridine rings is 1. The first-order valence-corrected chi connectivity index (χ1v) is 5.32. The molecule has 1 heterocycles. The lowest BCUT2D eigenvalue weighted by Gasteiger charge is -2.03. The van der Waals surface area contributed by atoms with Crippen LogP contribution in [0.5, 0.6) is 5.75 Å². The normalized spacial score (nSPS) is 11.7. The third-order valence-electron chi connectivity index (χ3n) is 2.38. The molecule has 1 atom stereocenters. The van der Waals surface area contributed by atoms with Crippen molar-refractivity contribution >= 4 is 10.8 Å². The summed E-state index contributed by atoms with van der Waals surface area (Å²) in [5.74, 6) is 6.43. The fourth-order valence-electron chi connectivity index (χ4n) is 1.56. The minimum Gasteiger partial charge on any atom is -0.497 e. The zero-order valence-electron chi connectivity index (χ0n) is 9.77. The first-order valence-electron chi connectivity index (χ1n) is 5.32. The van der Waals surface area contributed by atoms with E-state index in [4.69, 9.17) is 9.84 Å². The summed E-state index contributed by atoms with van der Waals surface area (Å²) in [6, 6.07) is 5.74. The van der Waals surface area contributed by atoms with Crippen molar-refractivity contribution in [3.05, 3.63) is 36.2 Å². The predicted molar refractivity (Wildman–Crippen MR) is 66.9 cm³/mol. The first-order chi connectivity index (χ1) is 8.20. The molecule has 0 fully saturated rings. The number of hydrogen-bond acceptors (Lipinski definition) is 3. The maximum atomic E-state index is 9.15.